The number of carbonyl (C=O) groups is 2. The molecule has 1 heterocycles. The molecule has 0 saturated carbocycles. The van der Waals surface area contributed by atoms with Crippen molar-refractivity contribution >= 4 is 11.9 Å². The van der Waals surface area contributed by atoms with Gasteiger partial charge in [-0.3, -0.25) is 4.79 Å². The predicted molar refractivity (Wildman–Crippen MR) is 84.7 cm³/mol. The molecule has 126 valence electrons. The molecule has 1 amide bonds. The highest BCUT2D eigenvalue weighted by Crippen LogP contribution is 2.24. The average molecular weight is 321 g/mol. The Morgan fingerprint density at radius 1 is 1.43 bits per heavy atom. The maximum atomic E-state index is 12.2. The van der Waals surface area contributed by atoms with Gasteiger partial charge in [0.05, 0.1) is 13.2 Å². The predicted octanol–water partition coefficient (Wildman–Crippen LogP) is 1.81. The number of aliphatic carboxylic acids is 1. The van der Waals surface area contributed by atoms with Gasteiger partial charge in [0, 0.05) is 6.54 Å². The number of carboxylic acid groups (broad SMARTS) is 1. The van der Waals surface area contributed by atoms with E-state index in [-0.39, 0.29) is 25.7 Å². The Morgan fingerprint density at radius 3 is 2.83 bits per heavy atom. The van der Waals surface area contributed by atoms with Gasteiger partial charge in [-0.25, -0.2) is 4.79 Å². The lowest BCUT2D eigenvalue weighted by atomic mass is 10.0. The minimum atomic E-state index is -1.05. The highest BCUT2D eigenvalue weighted by Gasteiger charge is 2.29. The molecular weight excluding hydrogens is 298 g/mol. The van der Waals surface area contributed by atoms with Crippen LogP contribution in [-0.2, 0) is 14.3 Å². The first-order chi connectivity index (χ1) is 10.9. The molecule has 1 aliphatic rings. The van der Waals surface area contributed by atoms with E-state index in [2.05, 4.69) is 13.8 Å². The summed E-state index contributed by atoms with van der Waals surface area (Å²) >= 11 is 0. The Balaban J connectivity index is 1.96. The maximum absolute atomic E-state index is 12.2. The van der Waals surface area contributed by atoms with E-state index in [0.717, 1.165) is 11.1 Å². The lowest BCUT2D eigenvalue weighted by Gasteiger charge is -2.30. The summed E-state index contributed by atoms with van der Waals surface area (Å²) in [5, 5.41) is 8.97. The normalized spacial score (nSPS) is 18.1. The van der Waals surface area contributed by atoms with Crippen molar-refractivity contribution in [3.05, 3.63) is 29.3 Å². The number of hydrogen-bond acceptors (Lipinski definition) is 4. The number of morpholine rings is 1. The summed E-state index contributed by atoms with van der Waals surface area (Å²) in [6, 6.07) is 5.98. The first-order valence-electron chi connectivity index (χ1n) is 7.74. The third-order valence-corrected chi connectivity index (χ3v) is 3.92. The summed E-state index contributed by atoms with van der Waals surface area (Å²) < 4.78 is 10.8. The van der Waals surface area contributed by atoms with Crippen LogP contribution in [0.1, 0.15) is 30.9 Å². The number of benzene rings is 1. The number of aryl methyl sites for hydroxylation is 1. The number of carbonyl (C=O) groups excluding carboxylic acids is 1. The maximum Gasteiger partial charge on any atom is 0.334 e. The van der Waals surface area contributed by atoms with E-state index in [1.807, 2.05) is 25.1 Å². The molecule has 1 aromatic carbocycles. The van der Waals surface area contributed by atoms with Crippen LogP contribution < -0.4 is 4.74 Å². The highest BCUT2D eigenvalue weighted by atomic mass is 16.5. The van der Waals surface area contributed by atoms with E-state index >= 15 is 0 Å². The third-order valence-electron chi connectivity index (χ3n) is 3.92. The Labute approximate surface area is 136 Å². The van der Waals surface area contributed by atoms with Gasteiger partial charge in [0.15, 0.2) is 12.7 Å². The fourth-order valence-corrected chi connectivity index (χ4v) is 2.39. The van der Waals surface area contributed by atoms with Crippen LogP contribution in [0.3, 0.4) is 0 Å². The molecule has 6 nitrogen and oxygen atoms in total. The molecule has 1 fully saturated rings. The summed E-state index contributed by atoms with van der Waals surface area (Å²) in [6.45, 7) is 6.69. The van der Waals surface area contributed by atoms with Crippen molar-refractivity contribution < 1.29 is 24.2 Å². The van der Waals surface area contributed by atoms with Crippen LogP contribution >= 0.6 is 0 Å². The standard InChI is InChI=1S/C17H23NO5/c1-11(2)13-5-4-12(3)14(8-13)23-10-16(19)18-6-7-22-15(9-18)17(20)21/h4-5,8,11,15H,6-7,9-10H2,1-3H3,(H,20,21)/t15-/m1/s1. The second-order valence-corrected chi connectivity index (χ2v) is 6.01. The van der Waals surface area contributed by atoms with Gasteiger partial charge in [-0.15, -0.1) is 0 Å². The van der Waals surface area contributed by atoms with E-state index < -0.39 is 12.1 Å². The van der Waals surface area contributed by atoms with Crippen molar-refractivity contribution in [2.75, 3.05) is 26.3 Å². The molecule has 0 radical (unpaired) electrons. The van der Waals surface area contributed by atoms with Crippen molar-refractivity contribution in [2.24, 2.45) is 0 Å². The topological polar surface area (TPSA) is 76.1 Å². The molecule has 1 aromatic rings. The first-order valence-corrected chi connectivity index (χ1v) is 7.74. The van der Waals surface area contributed by atoms with E-state index in [0.29, 0.717) is 18.2 Å². The van der Waals surface area contributed by atoms with Crippen molar-refractivity contribution in [1.29, 1.82) is 0 Å². The van der Waals surface area contributed by atoms with Gasteiger partial charge in [0.25, 0.3) is 5.91 Å². The van der Waals surface area contributed by atoms with Gasteiger partial charge >= 0.3 is 5.97 Å². The summed E-state index contributed by atoms with van der Waals surface area (Å²) in [7, 11) is 0. The highest BCUT2D eigenvalue weighted by molar-refractivity contribution is 5.79. The Kier molecular flexibility index (Phi) is 5.60. The van der Waals surface area contributed by atoms with Crippen LogP contribution in [0, 0.1) is 6.92 Å². The quantitative estimate of drug-likeness (QED) is 0.895. The average Bonchev–Trinajstić information content (AvgIpc) is 2.53. The largest absolute Gasteiger partial charge is 0.483 e. The number of ether oxygens (including phenoxy) is 2. The van der Waals surface area contributed by atoms with Crippen molar-refractivity contribution in [3.8, 4) is 5.75 Å². The van der Waals surface area contributed by atoms with Gasteiger partial charge in [-0.1, -0.05) is 26.0 Å². The second-order valence-electron chi connectivity index (χ2n) is 6.01. The SMILES string of the molecule is Cc1ccc(C(C)C)cc1OCC(=O)N1CCO[C@@H](C(=O)O)C1. The van der Waals surface area contributed by atoms with E-state index in [1.54, 1.807) is 0 Å². The molecule has 2 rings (SSSR count). The lowest BCUT2D eigenvalue weighted by molar-refractivity contribution is -0.159. The van der Waals surface area contributed by atoms with Crippen LogP contribution in [0.15, 0.2) is 18.2 Å². The molecular formula is C17H23NO5. The molecule has 1 saturated heterocycles. The fourth-order valence-electron chi connectivity index (χ4n) is 2.39. The van der Waals surface area contributed by atoms with Gasteiger partial charge in [-0.05, 0) is 30.0 Å². The Hall–Kier alpha value is -2.08. The molecule has 0 aliphatic carbocycles. The van der Waals surface area contributed by atoms with Crippen LogP contribution in [0.4, 0.5) is 0 Å². The zero-order valence-electron chi connectivity index (χ0n) is 13.7. The lowest BCUT2D eigenvalue weighted by Crippen LogP contribution is -2.49. The number of hydrogen-bond donors (Lipinski definition) is 1. The Bertz CT molecular complexity index is 584. The molecule has 23 heavy (non-hydrogen) atoms. The number of carboxylic acids is 1. The van der Waals surface area contributed by atoms with Crippen molar-refractivity contribution in [2.45, 2.75) is 32.8 Å². The third kappa shape index (κ3) is 4.45. The van der Waals surface area contributed by atoms with E-state index in [1.165, 1.54) is 4.90 Å². The van der Waals surface area contributed by atoms with Gasteiger partial charge in [-0.2, -0.15) is 0 Å². The monoisotopic (exact) mass is 321 g/mol. The molecule has 0 bridgehead atoms. The van der Waals surface area contributed by atoms with Gasteiger partial charge in [0.2, 0.25) is 0 Å². The number of amides is 1. The minimum absolute atomic E-state index is 0.0581. The molecule has 1 N–H and O–H groups in total. The van der Waals surface area contributed by atoms with Gasteiger partial charge < -0.3 is 19.5 Å². The van der Waals surface area contributed by atoms with Crippen molar-refractivity contribution in [1.82, 2.24) is 4.90 Å². The van der Waals surface area contributed by atoms with Crippen LogP contribution in [0.25, 0.3) is 0 Å². The van der Waals surface area contributed by atoms with Crippen LogP contribution in [-0.4, -0.2) is 54.3 Å². The molecule has 1 aliphatic heterocycles. The van der Waals surface area contributed by atoms with Crippen LogP contribution in [0.2, 0.25) is 0 Å². The zero-order valence-corrected chi connectivity index (χ0v) is 13.7. The summed E-state index contributed by atoms with van der Waals surface area (Å²) in [6.07, 6.45) is -0.960. The summed E-state index contributed by atoms with van der Waals surface area (Å²) in [5.41, 5.74) is 2.11. The van der Waals surface area contributed by atoms with E-state index in [9.17, 15) is 9.59 Å². The molecule has 6 heteroatoms. The molecule has 0 aromatic heterocycles. The molecule has 0 unspecified atom stereocenters. The van der Waals surface area contributed by atoms with Crippen LogP contribution in [0.5, 0.6) is 5.75 Å². The van der Waals surface area contributed by atoms with E-state index in [4.69, 9.17) is 14.6 Å². The smallest absolute Gasteiger partial charge is 0.334 e. The first kappa shape index (κ1) is 17.3. The minimum Gasteiger partial charge on any atom is -0.483 e. The van der Waals surface area contributed by atoms with Gasteiger partial charge in [0.1, 0.15) is 5.75 Å². The fraction of sp³-hybridized carbons (Fsp3) is 0.529. The zero-order chi connectivity index (χ0) is 17.0. The van der Waals surface area contributed by atoms with Crippen molar-refractivity contribution in [3.63, 3.8) is 0 Å². The number of nitrogens with zero attached hydrogens (tertiary/aromatic N) is 1. The number of rotatable bonds is 5. The summed E-state index contributed by atoms with van der Waals surface area (Å²) in [5.74, 6) is -0.213. The summed E-state index contributed by atoms with van der Waals surface area (Å²) in [4.78, 5) is 24.7. The Morgan fingerprint density at radius 2 is 2.17 bits per heavy atom. The molecule has 1 atom stereocenters. The molecule has 0 spiro atoms. The second kappa shape index (κ2) is 7.46.